The zero-order chi connectivity index (χ0) is 11.1. The quantitative estimate of drug-likeness (QED) is 0.741. The highest BCUT2D eigenvalue weighted by Gasteiger charge is 2.66. The Morgan fingerprint density at radius 1 is 1.47 bits per heavy atom. The van der Waals surface area contributed by atoms with Crippen molar-refractivity contribution in [3.8, 4) is 0 Å². The van der Waals surface area contributed by atoms with Crippen LogP contribution >= 0.6 is 0 Å². The van der Waals surface area contributed by atoms with Crippen molar-refractivity contribution in [2.75, 3.05) is 13.1 Å². The number of nitrogens with zero attached hydrogens (tertiary/aromatic N) is 1. The van der Waals surface area contributed by atoms with E-state index in [0.717, 1.165) is 6.42 Å². The van der Waals surface area contributed by atoms with Gasteiger partial charge < -0.3 is 10.0 Å². The number of hydrogen-bond acceptors (Lipinski definition) is 2. The fourth-order valence-electron chi connectivity index (χ4n) is 2.29. The van der Waals surface area contributed by atoms with Gasteiger partial charge in [0.1, 0.15) is 0 Å². The third-order valence-corrected chi connectivity index (χ3v) is 3.67. The van der Waals surface area contributed by atoms with Crippen LogP contribution in [-0.2, 0) is 9.59 Å². The second-order valence-corrected chi connectivity index (χ2v) is 4.68. The Bertz CT molecular complexity index is 296. The molecule has 0 aromatic heterocycles. The smallest absolute Gasteiger partial charge is 0.305 e. The molecule has 0 radical (unpaired) electrons. The van der Waals surface area contributed by atoms with Crippen molar-refractivity contribution in [3.63, 3.8) is 0 Å². The zero-order valence-corrected chi connectivity index (χ0v) is 9.03. The summed E-state index contributed by atoms with van der Waals surface area (Å²) in [5.74, 6) is -0.444. The molecule has 84 valence electrons. The van der Waals surface area contributed by atoms with Crippen molar-refractivity contribution in [2.24, 2.45) is 11.3 Å². The van der Waals surface area contributed by atoms with Gasteiger partial charge in [-0.15, -0.1) is 0 Å². The molecular weight excluding hydrogens is 194 g/mol. The third kappa shape index (κ3) is 1.98. The maximum atomic E-state index is 11.9. The Hall–Kier alpha value is -1.06. The largest absolute Gasteiger partial charge is 0.481 e. The van der Waals surface area contributed by atoms with Crippen LogP contribution in [0.3, 0.4) is 0 Å². The average molecular weight is 211 g/mol. The Morgan fingerprint density at radius 3 is 2.53 bits per heavy atom. The Morgan fingerprint density at radius 2 is 2.13 bits per heavy atom. The summed E-state index contributed by atoms with van der Waals surface area (Å²) in [6, 6.07) is 0. The van der Waals surface area contributed by atoms with Crippen molar-refractivity contribution in [2.45, 2.75) is 32.6 Å². The average Bonchev–Trinajstić information content (AvgIpc) is 3.08. The molecule has 2 fully saturated rings. The Balaban J connectivity index is 1.83. The molecule has 0 heterocycles. The van der Waals surface area contributed by atoms with Crippen molar-refractivity contribution in [3.05, 3.63) is 0 Å². The van der Waals surface area contributed by atoms with Crippen LogP contribution < -0.4 is 0 Å². The second-order valence-electron chi connectivity index (χ2n) is 4.68. The van der Waals surface area contributed by atoms with Gasteiger partial charge in [-0.3, -0.25) is 9.59 Å². The van der Waals surface area contributed by atoms with Crippen LogP contribution in [0.15, 0.2) is 0 Å². The van der Waals surface area contributed by atoms with Crippen molar-refractivity contribution < 1.29 is 14.7 Å². The number of hydrogen-bond donors (Lipinski definition) is 1. The summed E-state index contributed by atoms with van der Waals surface area (Å²) < 4.78 is 0. The molecule has 4 heteroatoms. The molecule has 2 aliphatic rings. The van der Waals surface area contributed by atoms with Gasteiger partial charge in [0.25, 0.3) is 0 Å². The SMILES string of the molecule is CCN(CCC(=O)O)C(=O)C1CC12CC2. The van der Waals surface area contributed by atoms with E-state index in [1.54, 1.807) is 4.90 Å². The summed E-state index contributed by atoms with van der Waals surface area (Å²) >= 11 is 0. The normalized spacial score (nSPS) is 25.0. The molecule has 1 amide bonds. The summed E-state index contributed by atoms with van der Waals surface area (Å²) in [6.45, 7) is 2.89. The molecule has 0 saturated heterocycles. The molecule has 0 aromatic rings. The molecule has 0 aliphatic heterocycles. The predicted octanol–water partition coefficient (Wildman–Crippen LogP) is 1.11. The number of aliphatic carboxylic acids is 1. The van der Waals surface area contributed by atoms with Crippen molar-refractivity contribution in [1.82, 2.24) is 4.90 Å². The summed E-state index contributed by atoms with van der Waals surface area (Å²) in [7, 11) is 0. The highest BCUT2D eigenvalue weighted by Crippen LogP contribution is 2.70. The molecule has 1 N–H and O–H groups in total. The van der Waals surface area contributed by atoms with Gasteiger partial charge >= 0.3 is 5.97 Å². The van der Waals surface area contributed by atoms with Gasteiger partial charge in [0.15, 0.2) is 0 Å². The predicted molar refractivity (Wildman–Crippen MR) is 54.3 cm³/mol. The molecule has 2 saturated carbocycles. The minimum Gasteiger partial charge on any atom is -0.481 e. The first-order valence-electron chi connectivity index (χ1n) is 5.59. The molecule has 1 spiro atoms. The fourth-order valence-corrected chi connectivity index (χ4v) is 2.29. The van der Waals surface area contributed by atoms with Gasteiger partial charge in [0.2, 0.25) is 5.91 Å². The van der Waals surface area contributed by atoms with Gasteiger partial charge in [-0.2, -0.15) is 0 Å². The lowest BCUT2D eigenvalue weighted by Crippen LogP contribution is -2.34. The molecule has 1 unspecified atom stereocenters. The standard InChI is InChI=1S/C11H17NO3/c1-2-12(6-3-9(13)14)10(15)8-7-11(8)4-5-11/h8H,2-7H2,1H3,(H,13,14). The molecule has 0 bridgehead atoms. The monoisotopic (exact) mass is 211 g/mol. The third-order valence-electron chi connectivity index (χ3n) is 3.67. The van der Waals surface area contributed by atoms with E-state index in [2.05, 4.69) is 0 Å². The van der Waals surface area contributed by atoms with Gasteiger partial charge in [-0.1, -0.05) is 0 Å². The van der Waals surface area contributed by atoms with E-state index in [-0.39, 0.29) is 18.2 Å². The van der Waals surface area contributed by atoms with Crippen molar-refractivity contribution >= 4 is 11.9 Å². The minimum atomic E-state index is -0.835. The number of rotatable bonds is 5. The maximum absolute atomic E-state index is 11.9. The molecule has 2 rings (SSSR count). The molecule has 15 heavy (non-hydrogen) atoms. The second kappa shape index (κ2) is 3.51. The summed E-state index contributed by atoms with van der Waals surface area (Å²) in [4.78, 5) is 24.1. The van der Waals surface area contributed by atoms with E-state index >= 15 is 0 Å². The highest BCUT2D eigenvalue weighted by atomic mass is 16.4. The number of carboxylic acids is 1. The summed E-state index contributed by atoms with van der Waals surface area (Å²) in [5, 5.41) is 8.57. The lowest BCUT2D eigenvalue weighted by atomic mass is 10.2. The van der Waals surface area contributed by atoms with Gasteiger partial charge in [0, 0.05) is 19.0 Å². The van der Waals surface area contributed by atoms with E-state index in [1.807, 2.05) is 6.92 Å². The van der Waals surface area contributed by atoms with Crippen LogP contribution in [0.25, 0.3) is 0 Å². The molecular formula is C11H17NO3. The van der Waals surface area contributed by atoms with E-state index in [0.29, 0.717) is 18.5 Å². The van der Waals surface area contributed by atoms with Crippen LogP contribution in [0, 0.1) is 11.3 Å². The Kier molecular flexibility index (Phi) is 2.44. The van der Waals surface area contributed by atoms with Crippen LogP contribution in [-0.4, -0.2) is 35.0 Å². The van der Waals surface area contributed by atoms with E-state index in [1.165, 1.54) is 12.8 Å². The first-order chi connectivity index (χ1) is 7.09. The maximum Gasteiger partial charge on any atom is 0.305 e. The first-order valence-corrected chi connectivity index (χ1v) is 5.59. The number of amides is 1. The summed E-state index contributed by atoms with van der Waals surface area (Å²) in [6.07, 6.45) is 3.48. The van der Waals surface area contributed by atoms with Gasteiger partial charge in [-0.05, 0) is 31.6 Å². The van der Waals surface area contributed by atoms with E-state index < -0.39 is 5.97 Å². The number of carbonyl (C=O) groups is 2. The molecule has 4 nitrogen and oxygen atoms in total. The minimum absolute atomic E-state index is 0.0549. The molecule has 0 aromatic carbocycles. The fraction of sp³-hybridized carbons (Fsp3) is 0.818. The van der Waals surface area contributed by atoms with E-state index in [4.69, 9.17) is 5.11 Å². The molecule has 2 aliphatic carbocycles. The number of carbonyl (C=O) groups excluding carboxylic acids is 1. The molecule has 1 atom stereocenters. The van der Waals surface area contributed by atoms with E-state index in [9.17, 15) is 9.59 Å². The van der Waals surface area contributed by atoms with Gasteiger partial charge in [0.05, 0.1) is 6.42 Å². The zero-order valence-electron chi connectivity index (χ0n) is 9.03. The van der Waals surface area contributed by atoms with Crippen LogP contribution in [0.5, 0.6) is 0 Å². The summed E-state index contributed by atoms with van der Waals surface area (Å²) in [5.41, 5.74) is 0.369. The Labute approximate surface area is 89.3 Å². The van der Waals surface area contributed by atoms with Crippen molar-refractivity contribution in [1.29, 1.82) is 0 Å². The number of carboxylic acid groups (broad SMARTS) is 1. The van der Waals surface area contributed by atoms with Crippen LogP contribution in [0.1, 0.15) is 32.6 Å². The lowest BCUT2D eigenvalue weighted by molar-refractivity contribution is -0.138. The lowest BCUT2D eigenvalue weighted by Gasteiger charge is -2.20. The topological polar surface area (TPSA) is 57.6 Å². The first kappa shape index (κ1) is 10.5. The van der Waals surface area contributed by atoms with Crippen LogP contribution in [0.2, 0.25) is 0 Å². The van der Waals surface area contributed by atoms with Gasteiger partial charge in [-0.25, -0.2) is 0 Å². The van der Waals surface area contributed by atoms with Crippen LogP contribution in [0.4, 0.5) is 0 Å². The highest BCUT2D eigenvalue weighted by molar-refractivity contribution is 5.83.